The fraction of sp³-hybridized carbons (Fsp3) is 0.300. The Labute approximate surface area is 95.8 Å². The number of hydrogen-bond acceptors (Lipinski definition) is 3. The van der Waals surface area contributed by atoms with Gasteiger partial charge in [-0.1, -0.05) is 0 Å². The van der Waals surface area contributed by atoms with Gasteiger partial charge in [-0.15, -0.1) is 13.2 Å². The minimum absolute atomic E-state index is 0.129. The molecular weight excluding hydrogens is 237 g/mol. The molecule has 0 heterocycles. The van der Waals surface area contributed by atoms with Crippen LogP contribution in [0.3, 0.4) is 0 Å². The van der Waals surface area contributed by atoms with E-state index in [4.69, 9.17) is 5.73 Å². The number of rotatable bonds is 3. The molecule has 7 heteroatoms. The fourth-order valence-electron chi connectivity index (χ4n) is 1.29. The first kappa shape index (κ1) is 13.1. The molecule has 0 fully saturated rings. The molecule has 1 rings (SSSR count). The van der Waals surface area contributed by atoms with E-state index in [1.165, 1.54) is 11.0 Å². The van der Waals surface area contributed by atoms with E-state index in [1.54, 1.807) is 14.1 Å². The molecule has 0 aliphatic rings. The van der Waals surface area contributed by atoms with Crippen LogP contribution in [0.5, 0.6) is 5.75 Å². The number of carbonyl (C=O) groups is 1. The van der Waals surface area contributed by atoms with Crippen molar-refractivity contribution < 1.29 is 22.7 Å². The Kier molecular flexibility index (Phi) is 3.50. The predicted octanol–water partition coefficient (Wildman–Crippen LogP) is 1.75. The normalized spacial score (nSPS) is 11.1. The van der Waals surface area contributed by atoms with Crippen molar-refractivity contribution in [3.63, 3.8) is 0 Å². The van der Waals surface area contributed by atoms with Gasteiger partial charge in [-0.3, -0.25) is 4.79 Å². The molecule has 0 unspecified atom stereocenters. The number of benzene rings is 1. The van der Waals surface area contributed by atoms with Crippen LogP contribution < -0.4 is 15.4 Å². The zero-order chi connectivity index (χ0) is 13.2. The lowest BCUT2D eigenvalue weighted by molar-refractivity contribution is -0.274. The van der Waals surface area contributed by atoms with Crippen LogP contribution >= 0.6 is 0 Å². The van der Waals surface area contributed by atoms with Gasteiger partial charge < -0.3 is 15.4 Å². The first-order chi connectivity index (χ1) is 7.70. The quantitative estimate of drug-likeness (QED) is 0.886. The average molecular weight is 248 g/mol. The monoisotopic (exact) mass is 248 g/mol. The Balaban J connectivity index is 3.15. The minimum Gasteiger partial charge on any atom is -0.406 e. The Morgan fingerprint density at radius 1 is 1.35 bits per heavy atom. The first-order valence-corrected chi connectivity index (χ1v) is 4.57. The summed E-state index contributed by atoms with van der Waals surface area (Å²) in [5, 5.41) is 0. The van der Waals surface area contributed by atoms with Crippen molar-refractivity contribution in [3.8, 4) is 5.75 Å². The number of alkyl halides is 3. The molecule has 17 heavy (non-hydrogen) atoms. The summed E-state index contributed by atoms with van der Waals surface area (Å²) in [4.78, 5) is 12.5. The highest BCUT2D eigenvalue weighted by molar-refractivity contribution is 5.98. The molecule has 0 aromatic heterocycles. The zero-order valence-electron chi connectivity index (χ0n) is 9.21. The standard InChI is InChI=1S/C10H11F3N2O2/c1-15(2)8-5-6(17-10(11,12)13)3-4-7(8)9(14)16/h3-5H,1-2H3,(H2,14,16). The summed E-state index contributed by atoms with van der Waals surface area (Å²) in [7, 11) is 3.16. The summed E-state index contributed by atoms with van der Waals surface area (Å²) >= 11 is 0. The van der Waals surface area contributed by atoms with Gasteiger partial charge in [0.05, 0.1) is 11.3 Å². The summed E-state index contributed by atoms with van der Waals surface area (Å²) in [5.41, 5.74) is 5.49. The number of amides is 1. The van der Waals surface area contributed by atoms with Crippen LogP contribution in [0.25, 0.3) is 0 Å². The minimum atomic E-state index is -4.77. The van der Waals surface area contributed by atoms with E-state index in [0.717, 1.165) is 12.1 Å². The molecular formula is C10H11F3N2O2. The second-order valence-corrected chi connectivity index (χ2v) is 3.49. The van der Waals surface area contributed by atoms with Crippen molar-refractivity contribution >= 4 is 11.6 Å². The van der Waals surface area contributed by atoms with Crippen molar-refractivity contribution in [3.05, 3.63) is 23.8 Å². The maximum absolute atomic E-state index is 12.0. The molecule has 2 N–H and O–H groups in total. The largest absolute Gasteiger partial charge is 0.573 e. The second kappa shape index (κ2) is 4.52. The van der Waals surface area contributed by atoms with Crippen LogP contribution in [0.4, 0.5) is 18.9 Å². The molecule has 0 aliphatic carbocycles. The van der Waals surface area contributed by atoms with E-state index < -0.39 is 18.0 Å². The van der Waals surface area contributed by atoms with E-state index in [1.807, 2.05) is 0 Å². The van der Waals surface area contributed by atoms with Crippen molar-refractivity contribution in [2.45, 2.75) is 6.36 Å². The molecule has 0 bridgehead atoms. The third-order valence-corrected chi connectivity index (χ3v) is 1.95. The maximum Gasteiger partial charge on any atom is 0.573 e. The molecule has 1 aromatic carbocycles. The van der Waals surface area contributed by atoms with Crippen LogP contribution in [0.15, 0.2) is 18.2 Å². The highest BCUT2D eigenvalue weighted by Gasteiger charge is 2.31. The number of carbonyl (C=O) groups excluding carboxylic acids is 1. The summed E-state index contributed by atoms with van der Waals surface area (Å²) in [6, 6.07) is 3.34. The Morgan fingerprint density at radius 2 is 1.94 bits per heavy atom. The van der Waals surface area contributed by atoms with Gasteiger partial charge in [0.2, 0.25) is 0 Å². The Hall–Kier alpha value is -1.92. The number of ether oxygens (including phenoxy) is 1. The van der Waals surface area contributed by atoms with Gasteiger partial charge in [0.15, 0.2) is 0 Å². The van der Waals surface area contributed by atoms with Crippen molar-refractivity contribution in [1.29, 1.82) is 0 Å². The third-order valence-electron chi connectivity index (χ3n) is 1.95. The van der Waals surface area contributed by atoms with Crippen LogP contribution in [0.1, 0.15) is 10.4 Å². The topological polar surface area (TPSA) is 55.6 Å². The lowest BCUT2D eigenvalue weighted by Gasteiger charge is -2.17. The van der Waals surface area contributed by atoms with Gasteiger partial charge >= 0.3 is 6.36 Å². The summed E-state index contributed by atoms with van der Waals surface area (Å²) < 4.78 is 39.8. The van der Waals surface area contributed by atoms with Gasteiger partial charge in [-0.25, -0.2) is 0 Å². The maximum atomic E-state index is 12.0. The highest BCUT2D eigenvalue weighted by Crippen LogP contribution is 2.28. The number of anilines is 1. The summed E-state index contributed by atoms with van der Waals surface area (Å²) in [6.07, 6.45) is -4.77. The molecule has 0 saturated heterocycles. The number of halogens is 3. The lowest BCUT2D eigenvalue weighted by Crippen LogP contribution is -2.20. The molecule has 0 atom stereocenters. The SMILES string of the molecule is CN(C)c1cc(OC(F)(F)F)ccc1C(N)=O. The van der Waals surface area contributed by atoms with E-state index in [-0.39, 0.29) is 11.3 Å². The molecule has 0 saturated carbocycles. The van der Waals surface area contributed by atoms with Gasteiger partial charge in [-0.2, -0.15) is 0 Å². The van der Waals surface area contributed by atoms with Crippen LogP contribution in [0.2, 0.25) is 0 Å². The van der Waals surface area contributed by atoms with E-state index >= 15 is 0 Å². The third kappa shape index (κ3) is 3.54. The highest BCUT2D eigenvalue weighted by atomic mass is 19.4. The molecule has 1 aromatic rings. The molecule has 0 aliphatic heterocycles. The van der Waals surface area contributed by atoms with Crippen molar-refractivity contribution in [1.82, 2.24) is 0 Å². The van der Waals surface area contributed by atoms with E-state index in [0.29, 0.717) is 0 Å². The smallest absolute Gasteiger partial charge is 0.406 e. The fourth-order valence-corrected chi connectivity index (χ4v) is 1.29. The molecule has 0 spiro atoms. The number of hydrogen-bond donors (Lipinski definition) is 1. The summed E-state index contributed by atoms with van der Waals surface area (Å²) in [6.45, 7) is 0. The van der Waals surface area contributed by atoms with Gasteiger partial charge in [-0.05, 0) is 12.1 Å². The molecule has 0 radical (unpaired) electrons. The average Bonchev–Trinajstić information content (AvgIpc) is 2.14. The number of nitrogens with zero attached hydrogens (tertiary/aromatic N) is 1. The molecule has 1 amide bonds. The summed E-state index contributed by atoms with van der Waals surface area (Å²) in [5.74, 6) is -1.11. The first-order valence-electron chi connectivity index (χ1n) is 4.57. The number of primary amides is 1. The number of nitrogens with two attached hydrogens (primary N) is 1. The van der Waals surface area contributed by atoms with Gasteiger partial charge in [0.1, 0.15) is 5.75 Å². The van der Waals surface area contributed by atoms with Gasteiger partial charge in [0, 0.05) is 20.2 Å². The van der Waals surface area contributed by atoms with Crippen LogP contribution in [-0.2, 0) is 0 Å². The van der Waals surface area contributed by atoms with Crippen LogP contribution in [0, 0.1) is 0 Å². The predicted molar refractivity (Wildman–Crippen MR) is 56.0 cm³/mol. The van der Waals surface area contributed by atoms with Crippen molar-refractivity contribution in [2.24, 2.45) is 5.73 Å². The Bertz CT molecular complexity index is 430. The van der Waals surface area contributed by atoms with E-state index in [9.17, 15) is 18.0 Å². The molecule has 4 nitrogen and oxygen atoms in total. The van der Waals surface area contributed by atoms with E-state index in [2.05, 4.69) is 4.74 Å². The Morgan fingerprint density at radius 3 is 2.35 bits per heavy atom. The zero-order valence-corrected chi connectivity index (χ0v) is 9.21. The molecule has 94 valence electrons. The van der Waals surface area contributed by atoms with Crippen LogP contribution in [-0.4, -0.2) is 26.4 Å². The second-order valence-electron chi connectivity index (χ2n) is 3.49. The lowest BCUT2D eigenvalue weighted by atomic mass is 10.1. The van der Waals surface area contributed by atoms with Crippen molar-refractivity contribution in [2.75, 3.05) is 19.0 Å². The van der Waals surface area contributed by atoms with Gasteiger partial charge in [0.25, 0.3) is 5.91 Å².